The Labute approximate surface area is 104 Å². The van der Waals surface area contributed by atoms with Crippen LogP contribution in [0.5, 0.6) is 5.75 Å². The zero-order chi connectivity index (χ0) is 8.97. The van der Waals surface area contributed by atoms with Crippen LogP contribution in [0.1, 0.15) is 5.56 Å². The van der Waals surface area contributed by atoms with Crippen LogP contribution in [0.25, 0.3) is 6.08 Å². The molecule has 0 aromatic heterocycles. The minimum atomic E-state index is -0.983. The van der Waals surface area contributed by atoms with E-state index in [1.54, 1.807) is 12.1 Å². The number of hydrogen-bond acceptors (Lipinski definition) is 2. The maximum absolute atomic E-state index is 10.1. The van der Waals surface area contributed by atoms with E-state index in [1.807, 2.05) is 0 Å². The van der Waals surface area contributed by atoms with Gasteiger partial charge in [-0.15, -0.1) is 0 Å². The van der Waals surface area contributed by atoms with E-state index in [1.165, 1.54) is 18.2 Å². The Bertz CT molecular complexity index is 303. The van der Waals surface area contributed by atoms with Crippen LogP contribution in [-0.2, 0) is 4.79 Å². The molecule has 0 bridgehead atoms. The number of hydrogen-bond donors (Lipinski definition) is 2. The third-order valence-corrected chi connectivity index (χ3v) is 1.31. The van der Waals surface area contributed by atoms with Gasteiger partial charge >= 0.3 is 5.97 Å². The van der Waals surface area contributed by atoms with Gasteiger partial charge in [-0.1, -0.05) is 12.1 Å². The van der Waals surface area contributed by atoms with Crippen molar-refractivity contribution in [3.05, 3.63) is 35.9 Å². The smallest absolute Gasteiger partial charge is 0.328 e. The summed E-state index contributed by atoms with van der Waals surface area (Å²) in [5, 5.41) is 17.2. The maximum Gasteiger partial charge on any atom is 0.328 e. The molecule has 0 saturated carbocycles. The van der Waals surface area contributed by atoms with Crippen LogP contribution in [0, 0.1) is 35.6 Å². The number of phenols is 1. The Morgan fingerprint density at radius 2 is 1.77 bits per heavy atom. The van der Waals surface area contributed by atoms with E-state index in [0.29, 0.717) is 0 Å². The second-order valence-electron chi connectivity index (χ2n) is 2.26. The zero-order valence-electron chi connectivity index (χ0n) is 6.84. The first kappa shape index (κ1) is 12.4. The van der Waals surface area contributed by atoms with Gasteiger partial charge in [0.2, 0.25) is 0 Å². The number of aromatic hydroxyl groups is 1. The third-order valence-electron chi connectivity index (χ3n) is 1.31. The normalized spacial score (nSPS) is 9.54. The SMILES string of the molecule is O=C(O)C=Cc1ccc(O)cc1.[La]. The van der Waals surface area contributed by atoms with Gasteiger partial charge in [0.05, 0.1) is 0 Å². The molecular formula is C9H8LaO3. The number of carboxylic acids is 1. The standard InChI is InChI=1S/C9H8O3.La/c10-8-4-1-7(2-5-8)3-6-9(11)12;/h1-6,10H,(H,11,12);. The molecule has 3 nitrogen and oxygen atoms in total. The van der Waals surface area contributed by atoms with Crippen molar-refractivity contribution in [3.63, 3.8) is 0 Å². The fourth-order valence-corrected chi connectivity index (χ4v) is 0.753. The van der Waals surface area contributed by atoms with Crippen LogP contribution in [-0.4, -0.2) is 16.2 Å². The summed E-state index contributed by atoms with van der Waals surface area (Å²) >= 11 is 0. The zero-order valence-corrected chi connectivity index (χ0v) is 10.5. The van der Waals surface area contributed by atoms with Crippen molar-refractivity contribution in [2.45, 2.75) is 0 Å². The number of phenolic OH excluding ortho intramolecular Hbond substituents is 1. The summed E-state index contributed by atoms with van der Waals surface area (Å²) < 4.78 is 0. The van der Waals surface area contributed by atoms with E-state index >= 15 is 0 Å². The molecule has 1 rings (SSSR count). The molecule has 0 atom stereocenters. The van der Waals surface area contributed by atoms with Crippen molar-refractivity contribution in [3.8, 4) is 5.75 Å². The first-order valence-electron chi connectivity index (χ1n) is 3.38. The van der Waals surface area contributed by atoms with Crippen LogP contribution in [0.2, 0.25) is 0 Å². The fraction of sp³-hybridized carbons (Fsp3) is 0. The van der Waals surface area contributed by atoms with Crippen LogP contribution in [0.3, 0.4) is 0 Å². The maximum atomic E-state index is 10.1. The van der Waals surface area contributed by atoms with Gasteiger partial charge in [-0.2, -0.15) is 0 Å². The van der Waals surface area contributed by atoms with Gasteiger partial charge in [0, 0.05) is 41.7 Å². The Kier molecular flexibility index (Phi) is 5.70. The van der Waals surface area contributed by atoms with Crippen molar-refractivity contribution in [2.75, 3.05) is 0 Å². The summed E-state index contributed by atoms with van der Waals surface area (Å²) in [7, 11) is 0. The van der Waals surface area contributed by atoms with Crippen LogP contribution >= 0.6 is 0 Å². The first-order valence-corrected chi connectivity index (χ1v) is 3.38. The summed E-state index contributed by atoms with van der Waals surface area (Å²) in [5.41, 5.74) is 0.746. The van der Waals surface area contributed by atoms with Gasteiger partial charge in [0.25, 0.3) is 0 Å². The summed E-state index contributed by atoms with van der Waals surface area (Å²) in [5.74, 6) is -0.814. The van der Waals surface area contributed by atoms with Crippen LogP contribution < -0.4 is 0 Å². The summed E-state index contributed by atoms with van der Waals surface area (Å²) in [4.78, 5) is 10.1. The van der Waals surface area contributed by atoms with E-state index in [2.05, 4.69) is 0 Å². The number of carbonyl (C=O) groups is 1. The van der Waals surface area contributed by atoms with E-state index < -0.39 is 5.97 Å². The topological polar surface area (TPSA) is 57.5 Å². The summed E-state index contributed by atoms with van der Waals surface area (Å²) in [6.07, 6.45) is 2.51. The van der Waals surface area contributed by atoms with Gasteiger partial charge < -0.3 is 10.2 Å². The second kappa shape index (κ2) is 5.97. The molecule has 0 heterocycles. The molecule has 0 aliphatic rings. The molecule has 13 heavy (non-hydrogen) atoms. The van der Waals surface area contributed by atoms with Crippen molar-refractivity contribution >= 4 is 12.0 Å². The quantitative estimate of drug-likeness (QED) is 0.814. The molecule has 0 spiro atoms. The van der Waals surface area contributed by atoms with Crippen molar-refractivity contribution in [1.82, 2.24) is 0 Å². The third kappa shape index (κ3) is 4.88. The summed E-state index contributed by atoms with van der Waals surface area (Å²) in [6, 6.07) is 6.27. The minimum Gasteiger partial charge on any atom is -0.508 e. The fourth-order valence-electron chi connectivity index (χ4n) is 0.753. The van der Waals surface area contributed by atoms with Crippen molar-refractivity contribution < 1.29 is 50.6 Å². The molecule has 1 radical (unpaired) electrons. The molecule has 1 aromatic carbocycles. The molecule has 0 saturated heterocycles. The molecule has 0 fully saturated rings. The Morgan fingerprint density at radius 3 is 2.23 bits per heavy atom. The minimum absolute atomic E-state index is 0. The van der Waals surface area contributed by atoms with E-state index in [4.69, 9.17) is 10.2 Å². The second-order valence-corrected chi connectivity index (χ2v) is 2.26. The monoisotopic (exact) mass is 303 g/mol. The molecule has 0 aliphatic heterocycles. The molecule has 65 valence electrons. The van der Waals surface area contributed by atoms with Gasteiger partial charge in [-0.3, -0.25) is 0 Å². The predicted molar refractivity (Wildman–Crippen MR) is 44.8 cm³/mol. The Hall–Kier alpha value is -0.575. The number of benzene rings is 1. The largest absolute Gasteiger partial charge is 0.508 e. The first-order chi connectivity index (χ1) is 5.68. The molecule has 2 N–H and O–H groups in total. The summed E-state index contributed by atoms with van der Waals surface area (Å²) in [6.45, 7) is 0. The molecule has 0 amide bonds. The average molecular weight is 303 g/mol. The molecule has 1 aromatic rings. The van der Waals surface area contributed by atoms with E-state index in [-0.39, 0.29) is 41.3 Å². The molecule has 4 heteroatoms. The van der Waals surface area contributed by atoms with Crippen LogP contribution in [0.4, 0.5) is 0 Å². The Balaban J connectivity index is 0.00000144. The number of aliphatic carboxylic acids is 1. The Morgan fingerprint density at radius 1 is 1.23 bits per heavy atom. The van der Waals surface area contributed by atoms with Gasteiger partial charge in [-0.05, 0) is 23.8 Å². The van der Waals surface area contributed by atoms with Gasteiger partial charge in [0.1, 0.15) is 5.75 Å². The predicted octanol–water partition coefficient (Wildman–Crippen LogP) is 1.49. The molecule has 0 unspecified atom stereocenters. The van der Waals surface area contributed by atoms with Gasteiger partial charge in [-0.25, -0.2) is 4.79 Å². The van der Waals surface area contributed by atoms with E-state index in [0.717, 1.165) is 11.6 Å². The van der Waals surface area contributed by atoms with E-state index in [9.17, 15) is 4.79 Å². The van der Waals surface area contributed by atoms with Crippen molar-refractivity contribution in [1.29, 1.82) is 0 Å². The number of rotatable bonds is 2. The molecular weight excluding hydrogens is 295 g/mol. The van der Waals surface area contributed by atoms with Crippen molar-refractivity contribution in [2.24, 2.45) is 0 Å². The molecule has 0 aliphatic carbocycles. The van der Waals surface area contributed by atoms with Gasteiger partial charge in [0.15, 0.2) is 0 Å². The average Bonchev–Trinajstić information content (AvgIpc) is 2.03. The number of carboxylic acid groups (broad SMARTS) is 1. The van der Waals surface area contributed by atoms with Crippen LogP contribution in [0.15, 0.2) is 30.3 Å².